The van der Waals surface area contributed by atoms with Gasteiger partial charge in [0.05, 0.1) is 6.04 Å². The Morgan fingerprint density at radius 3 is 2.09 bits per heavy atom. The van der Waals surface area contributed by atoms with E-state index in [0.717, 1.165) is 10.9 Å². The van der Waals surface area contributed by atoms with E-state index in [1.165, 1.54) is 0 Å². The van der Waals surface area contributed by atoms with Crippen molar-refractivity contribution in [1.29, 1.82) is 0 Å². The highest BCUT2D eigenvalue weighted by molar-refractivity contribution is 5.95. The maximum Gasteiger partial charge on any atom is 0.326 e. The largest absolute Gasteiger partial charge is 0.480 e. The standard InChI is InChI=1S/C31H41N9O6/c32-21(10-6-14-36-31(34)35)27(42)39-24(15-18-7-2-1-3-8-18)29(44)38-23(12-13-26(33)41)28(43)40-25(30(45)46)16-19-17-37-22-11-5-4-9-20(19)22/h1-5,7-9,11,17,21,23-25,37H,6,10,12-16,32H2,(H2,33,41)(H,38,44)(H,39,42)(H,40,43)(H,45,46)(H4,34,35,36). The lowest BCUT2D eigenvalue weighted by Crippen LogP contribution is -2.58. The summed E-state index contributed by atoms with van der Waals surface area (Å²) in [4.78, 5) is 70.7. The number of aromatic amines is 1. The number of guanidine groups is 1. The number of carbonyl (C=O) groups is 5. The number of fused-ring (bicyclic) bond motifs is 1. The molecule has 246 valence electrons. The van der Waals surface area contributed by atoms with Crippen molar-refractivity contribution < 1.29 is 29.1 Å². The van der Waals surface area contributed by atoms with Gasteiger partial charge < -0.3 is 49.0 Å². The summed E-state index contributed by atoms with van der Waals surface area (Å²) in [5.74, 6) is -4.27. The second-order valence-electron chi connectivity index (χ2n) is 10.8. The molecule has 0 saturated carbocycles. The topological polar surface area (TPSA) is 274 Å². The Kier molecular flexibility index (Phi) is 13.1. The summed E-state index contributed by atoms with van der Waals surface area (Å²) < 4.78 is 0. The van der Waals surface area contributed by atoms with Gasteiger partial charge in [0.1, 0.15) is 18.1 Å². The average Bonchev–Trinajstić information content (AvgIpc) is 3.43. The van der Waals surface area contributed by atoms with Crippen LogP contribution in [0.1, 0.15) is 36.8 Å². The number of aliphatic imine (C=N–C) groups is 1. The number of nitrogens with zero attached hydrogens (tertiary/aromatic N) is 1. The number of rotatable bonds is 18. The Morgan fingerprint density at radius 1 is 0.783 bits per heavy atom. The SMILES string of the molecule is NC(=O)CCC(NC(=O)C(Cc1ccccc1)NC(=O)C(N)CCCN=C(N)N)C(=O)NC(Cc1c[nH]c2ccccc12)C(=O)O. The molecule has 3 rings (SSSR count). The van der Waals surface area contributed by atoms with Gasteiger partial charge in [-0.05, 0) is 36.5 Å². The molecule has 4 amide bonds. The Bertz CT molecular complexity index is 1540. The third-order valence-electron chi connectivity index (χ3n) is 7.25. The monoisotopic (exact) mass is 635 g/mol. The van der Waals surface area contributed by atoms with E-state index < -0.39 is 53.8 Å². The van der Waals surface area contributed by atoms with Crippen LogP contribution in [0.3, 0.4) is 0 Å². The fraction of sp³-hybridized carbons (Fsp3) is 0.355. The van der Waals surface area contributed by atoms with Crippen LogP contribution in [-0.4, -0.2) is 76.4 Å². The van der Waals surface area contributed by atoms with Crippen LogP contribution in [0.5, 0.6) is 0 Å². The molecule has 0 fully saturated rings. The van der Waals surface area contributed by atoms with E-state index in [9.17, 15) is 29.1 Å². The van der Waals surface area contributed by atoms with Crippen molar-refractivity contribution in [2.45, 2.75) is 62.7 Å². The molecule has 46 heavy (non-hydrogen) atoms. The predicted octanol–water partition coefficient (Wildman–Crippen LogP) is -0.861. The molecule has 13 N–H and O–H groups in total. The summed E-state index contributed by atoms with van der Waals surface area (Å²) in [6.07, 6.45) is 1.86. The Morgan fingerprint density at radius 2 is 1.41 bits per heavy atom. The van der Waals surface area contributed by atoms with Gasteiger partial charge in [-0.2, -0.15) is 0 Å². The first kappa shape index (κ1) is 35.0. The van der Waals surface area contributed by atoms with Crippen LogP contribution < -0.4 is 38.9 Å². The zero-order valence-corrected chi connectivity index (χ0v) is 25.3. The number of hydrogen-bond acceptors (Lipinski definition) is 7. The number of aliphatic carboxylic acids is 1. The third kappa shape index (κ3) is 10.9. The van der Waals surface area contributed by atoms with Gasteiger partial charge in [0, 0.05) is 42.9 Å². The molecule has 0 radical (unpaired) electrons. The lowest BCUT2D eigenvalue weighted by molar-refractivity contribution is -0.142. The van der Waals surface area contributed by atoms with E-state index in [4.69, 9.17) is 22.9 Å². The minimum atomic E-state index is -1.35. The number of carboxylic acids is 1. The molecule has 0 bridgehead atoms. The molecular weight excluding hydrogens is 594 g/mol. The van der Waals surface area contributed by atoms with Crippen molar-refractivity contribution in [3.05, 3.63) is 71.9 Å². The van der Waals surface area contributed by atoms with Crippen LogP contribution >= 0.6 is 0 Å². The number of H-pyrrole nitrogens is 1. The van der Waals surface area contributed by atoms with Crippen LogP contribution in [0.25, 0.3) is 10.9 Å². The first-order chi connectivity index (χ1) is 21.9. The number of amides is 4. The smallest absolute Gasteiger partial charge is 0.326 e. The second-order valence-corrected chi connectivity index (χ2v) is 10.8. The number of para-hydroxylation sites is 1. The van der Waals surface area contributed by atoms with Gasteiger partial charge in [0.2, 0.25) is 23.6 Å². The van der Waals surface area contributed by atoms with Crippen LogP contribution in [0.4, 0.5) is 0 Å². The van der Waals surface area contributed by atoms with Gasteiger partial charge in [-0.15, -0.1) is 0 Å². The molecule has 0 aliphatic heterocycles. The molecule has 0 spiro atoms. The minimum Gasteiger partial charge on any atom is -0.480 e. The summed E-state index contributed by atoms with van der Waals surface area (Å²) in [6.45, 7) is 0.269. The number of primary amides is 1. The van der Waals surface area contributed by atoms with Gasteiger partial charge in [-0.3, -0.25) is 24.2 Å². The van der Waals surface area contributed by atoms with Crippen molar-refractivity contribution in [2.75, 3.05) is 6.54 Å². The fourth-order valence-corrected chi connectivity index (χ4v) is 4.81. The number of hydrogen-bond donors (Lipinski definition) is 9. The fourth-order valence-electron chi connectivity index (χ4n) is 4.81. The molecular formula is C31H41N9O6. The van der Waals surface area contributed by atoms with E-state index in [-0.39, 0.29) is 44.6 Å². The molecule has 15 heteroatoms. The molecule has 4 atom stereocenters. The van der Waals surface area contributed by atoms with E-state index in [1.807, 2.05) is 24.3 Å². The van der Waals surface area contributed by atoms with Crippen molar-refractivity contribution in [1.82, 2.24) is 20.9 Å². The Balaban J connectivity index is 1.76. The molecule has 0 aliphatic rings. The summed E-state index contributed by atoms with van der Waals surface area (Å²) >= 11 is 0. The summed E-state index contributed by atoms with van der Waals surface area (Å²) in [5.41, 5.74) is 24.2. The highest BCUT2D eigenvalue weighted by atomic mass is 16.4. The maximum absolute atomic E-state index is 13.6. The van der Waals surface area contributed by atoms with E-state index in [2.05, 4.69) is 25.9 Å². The van der Waals surface area contributed by atoms with Crippen LogP contribution in [0.15, 0.2) is 65.8 Å². The summed E-state index contributed by atoms with van der Waals surface area (Å²) in [5, 5.41) is 18.4. The lowest BCUT2D eigenvalue weighted by Gasteiger charge is -2.25. The second kappa shape index (κ2) is 17.2. The number of nitrogens with one attached hydrogen (secondary N) is 4. The van der Waals surface area contributed by atoms with Crippen LogP contribution in [0, 0.1) is 0 Å². The zero-order valence-electron chi connectivity index (χ0n) is 25.3. The number of carbonyl (C=O) groups excluding carboxylic acids is 4. The summed E-state index contributed by atoms with van der Waals surface area (Å²) in [7, 11) is 0. The van der Waals surface area contributed by atoms with Gasteiger partial charge in [-0.25, -0.2) is 4.79 Å². The van der Waals surface area contributed by atoms with E-state index in [0.29, 0.717) is 17.5 Å². The van der Waals surface area contributed by atoms with E-state index >= 15 is 0 Å². The lowest BCUT2D eigenvalue weighted by atomic mass is 10.0. The molecule has 4 unspecified atom stereocenters. The van der Waals surface area contributed by atoms with Crippen molar-refractivity contribution >= 4 is 46.5 Å². The van der Waals surface area contributed by atoms with Crippen molar-refractivity contribution in [3.63, 3.8) is 0 Å². The molecule has 2 aromatic carbocycles. The minimum absolute atomic E-state index is 0.0463. The molecule has 0 saturated heterocycles. The summed E-state index contributed by atoms with van der Waals surface area (Å²) in [6, 6.07) is 11.3. The molecule has 15 nitrogen and oxygen atoms in total. The zero-order chi connectivity index (χ0) is 33.6. The van der Waals surface area contributed by atoms with Gasteiger partial charge in [0.25, 0.3) is 0 Å². The number of nitrogens with two attached hydrogens (primary N) is 4. The first-order valence-electron chi connectivity index (χ1n) is 14.8. The number of aromatic nitrogens is 1. The normalized spacial score (nSPS) is 13.5. The predicted molar refractivity (Wildman–Crippen MR) is 172 cm³/mol. The highest BCUT2D eigenvalue weighted by Crippen LogP contribution is 2.19. The van der Waals surface area contributed by atoms with Crippen LogP contribution in [0.2, 0.25) is 0 Å². The molecule has 1 heterocycles. The number of benzene rings is 2. The Labute approximate surface area is 265 Å². The molecule has 1 aromatic heterocycles. The molecule has 3 aromatic rings. The highest BCUT2D eigenvalue weighted by Gasteiger charge is 2.31. The van der Waals surface area contributed by atoms with E-state index in [1.54, 1.807) is 36.5 Å². The molecule has 0 aliphatic carbocycles. The van der Waals surface area contributed by atoms with Gasteiger partial charge >= 0.3 is 5.97 Å². The first-order valence-corrected chi connectivity index (χ1v) is 14.8. The number of carboxylic acid groups (broad SMARTS) is 1. The van der Waals surface area contributed by atoms with Gasteiger partial charge in [-0.1, -0.05) is 48.5 Å². The quantitative estimate of drug-likeness (QED) is 0.0477. The van der Waals surface area contributed by atoms with Crippen LogP contribution in [-0.2, 0) is 36.8 Å². The average molecular weight is 636 g/mol. The Hall–Kier alpha value is -5.44. The van der Waals surface area contributed by atoms with Gasteiger partial charge in [0.15, 0.2) is 5.96 Å². The maximum atomic E-state index is 13.6. The van der Waals surface area contributed by atoms with Crippen molar-refractivity contribution in [3.8, 4) is 0 Å². The van der Waals surface area contributed by atoms with Crippen molar-refractivity contribution in [2.24, 2.45) is 27.9 Å². The third-order valence-corrected chi connectivity index (χ3v) is 7.25.